The van der Waals surface area contributed by atoms with E-state index in [1.807, 2.05) is 0 Å². The maximum absolute atomic E-state index is 12.2. The van der Waals surface area contributed by atoms with E-state index >= 15 is 0 Å². The van der Waals surface area contributed by atoms with Gasteiger partial charge in [0.15, 0.2) is 6.10 Å². The van der Waals surface area contributed by atoms with E-state index in [-0.39, 0.29) is 6.79 Å². The Kier molecular flexibility index (Phi) is 6.38. The molecule has 3 N–H and O–H groups in total. The number of ether oxygens (including phenoxy) is 3. The molecule has 0 aliphatic carbocycles. The molecule has 122 valence electrons. The number of hydrogen-bond acceptors (Lipinski definition) is 6. The summed E-state index contributed by atoms with van der Waals surface area (Å²) in [6.07, 6.45) is 0.0705. The number of nitrogens with one attached hydrogen (secondary N) is 1. The molecule has 1 rings (SSSR count). The molecule has 0 aromatic carbocycles. The average Bonchev–Trinajstić information content (AvgIpc) is 2.86. The number of hydrazine groups is 1. The maximum atomic E-state index is 12.2. The van der Waals surface area contributed by atoms with Gasteiger partial charge in [-0.1, -0.05) is 0 Å². The Labute approximate surface area is 124 Å². The smallest absolute Gasteiger partial charge is 0.410 e. The van der Waals surface area contributed by atoms with E-state index in [9.17, 15) is 9.59 Å². The molecule has 0 aromatic heterocycles. The maximum Gasteiger partial charge on any atom is 0.410 e. The van der Waals surface area contributed by atoms with Crippen LogP contribution in [0.4, 0.5) is 4.79 Å². The molecule has 0 saturated carbocycles. The van der Waals surface area contributed by atoms with Crippen LogP contribution in [-0.4, -0.2) is 55.1 Å². The molecule has 21 heavy (non-hydrogen) atoms. The number of carbonyl (C=O) groups is 2. The summed E-state index contributed by atoms with van der Waals surface area (Å²) in [4.78, 5) is 25.6. The third-order valence-electron chi connectivity index (χ3n) is 3.04. The number of likely N-dealkylation sites (tertiary alicyclic amines) is 1. The highest BCUT2D eigenvalue weighted by atomic mass is 16.7. The van der Waals surface area contributed by atoms with Gasteiger partial charge in [-0.15, -0.1) is 0 Å². The normalized spacial score (nSPS) is 20.2. The van der Waals surface area contributed by atoms with Crippen molar-refractivity contribution in [1.82, 2.24) is 10.3 Å². The van der Waals surface area contributed by atoms with Gasteiger partial charge < -0.3 is 19.1 Å². The third-order valence-corrected chi connectivity index (χ3v) is 3.04. The summed E-state index contributed by atoms with van der Waals surface area (Å²) in [5, 5.41) is 0. The molecule has 8 nitrogen and oxygen atoms in total. The van der Waals surface area contributed by atoms with E-state index in [1.54, 1.807) is 20.8 Å². The van der Waals surface area contributed by atoms with Crippen LogP contribution in [0.1, 0.15) is 33.6 Å². The zero-order valence-corrected chi connectivity index (χ0v) is 13.0. The van der Waals surface area contributed by atoms with Gasteiger partial charge in [0, 0.05) is 13.7 Å². The summed E-state index contributed by atoms with van der Waals surface area (Å²) in [6, 6.07) is -0.418. The number of hydrogen-bond donors (Lipinski definition) is 2. The van der Waals surface area contributed by atoms with Crippen molar-refractivity contribution >= 4 is 12.0 Å². The number of carbonyl (C=O) groups excluding carboxylic acids is 2. The fourth-order valence-electron chi connectivity index (χ4n) is 2.24. The highest BCUT2D eigenvalue weighted by molar-refractivity contribution is 5.82. The molecule has 1 unspecified atom stereocenters. The molecule has 0 radical (unpaired) electrons. The second kappa shape index (κ2) is 7.58. The zero-order chi connectivity index (χ0) is 16.0. The first-order valence-corrected chi connectivity index (χ1v) is 6.90. The van der Waals surface area contributed by atoms with Crippen LogP contribution < -0.4 is 11.3 Å². The molecule has 0 aromatic rings. The quantitative estimate of drug-likeness (QED) is 0.329. The Morgan fingerprint density at radius 2 is 2.10 bits per heavy atom. The summed E-state index contributed by atoms with van der Waals surface area (Å²) >= 11 is 0. The lowest BCUT2D eigenvalue weighted by Crippen LogP contribution is -2.53. The first-order valence-electron chi connectivity index (χ1n) is 6.90. The van der Waals surface area contributed by atoms with Gasteiger partial charge in [-0.2, -0.15) is 0 Å². The summed E-state index contributed by atoms with van der Waals surface area (Å²) in [7, 11) is 1.46. The van der Waals surface area contributed by atoms with Crippen molar-refractivity contribution < 1.29 is 23.8 Å². The van der Waals surface area contributed by atoms with Crippen molar-refractivity contribution in [1.29, 1.82) is 0 Å². The van der Waals surface area contributed by atoms with Crippen molar-refractivity contribution in [2.75, 3.05) is 20.4 Å². The fourth-order valence-corrected chi connectivity index (χ4v) is 2.24. The SMILES string of the molecule is COCOC(C(=O)NN)[C@@H]1CCCN1C(=O)OC(C)(C)C. The third kappa shape index (κ3) is 5.14. The fraction of sp³-hybridized carbons (Fsp3) is 0.846. The number of amides is 2. The molecule has 1 fully saturated rings. The molecule has 8 heteroatoms. The van der Waals surface area contributed by atoms with Crippen molar-refractivity contribution in [3.05, 3.63) is 0 Å². The molecule has 2 atom stereocenters. The van der Waals surface area contributed by atoms with Crippen molar-refractivity contribution in [2.45, 2.75) is 51.4 Å². The van der Waals surface area contributed by atoms with Crippen molar-refractivity contribution in [3.63, 3.8) is 0 Å². The van der Waals surface area contributed by atoms with Crippen LogP contribution in [0.25, 0.3) is 0 Å². The van der Waals surface area contributed by atoms with Gasteiger partial charge in [-0.3, -0.25) is 10.2 Å². The molecule has 1 heterocycles. The first kappa shape index (κ1) is 17.7. The molecule has 0 bridgehead atoms. The topological polar surface area (TPSA) is 103 Å². The Hall–Kier alpha value is -1.38. The highest BCUT2D eigenvalue weighted by Crippen LogP contribution is 2.24. The lowest BCUT2D eigenvalue weighted by atomic mass is 10.1. The van der Waals surface area contributed by atoms with E-state index in [1.165, 1.54) is 12.0 Å². The zero-order valence-electron chi connectivity index (χ0n) is 13.0. The molecule has 1 aliphatic rings. The van der Waals surface area contributed by atoms with Gasteiger partial charge in [0.2, 0.25) is 0 Å². The lowest BCUT2D eigenvalue weighted by Gasteiger charge is -2.32. The number of nitrogens with two attached hydrogens (primary N) is 1. The van der Waals surface area contributed by atoms with E-state index in [4.69, 9.17) is 20.1 Å². The second-order valence-electron chi connectivity index (χ2n) is 5.89. The Balaban J connectivity index is 2.80. The Morgan fingerprint density at radius 1 is 1.43 bits per heavy atom. The van der Waals surface area contributed by atoms with E-state index in [2.05, 4.69) is 5.43 Å². The minimum atomic E-state index is -0.884. The van der Waals surface area contributed by atoms with Crippen LogP contribution in [0.2, 0.25) is 0 Å². The minimum absolute atomic E-state index is 0.0588. The number of methoxy groups -OCH3 is 1. The van der Waals surface area contributed by atoms with Gasteiger partial charge in [0.1, 0.15) is 12.4 Å². The van der Waals surface area contributed by atoms with Crippen molar-refractivity contribution in [2.24, 2.45) is 5.84 Å². The predicted molar refractivity (Wildman–Crippen MR) is 75.0 cm³/mol. The summed E-state index contributed by atoms with van der Waals surface area (Å²) in [6.45, 7) is 5.84. The predicted octanol–water partition coefficient (Wildman–Crippen LogP) is 0.365. The average molecular weight is 303 g/mol. The summed E-state index contributed by atoms with van der Waals surface area (Å²) in [5.41, 5.74) is 1.47. The van der Waals surface area contributed by atoms with Gasteiger partial charge in [0.25, 0.3) is 5.91 Å². The summed E-state index contributed by atoms with van der Waals surface area (Å²) in [5.74, 6) is 4.69. The van der Waals surface area contributed by atoms with E-state index < -0.39 is 29.7 Å². The second-order valence-corrected chi connectivity index (χ2v) is 5.89. The van der Waals surface area contributed by atoms with E-state index in [0.717, 1.165) is 6.42 Å². The number of nitrogens with zero attached hydrogens (tertiary/aromatic N) is 1. The highest BCUT2D eigenvalue weighted by Gasteiger charge is 2.40. The Bertz CT molecular complexity index is 369. The number of rotatable bonds is 5. The molecule has 1 saturated heterocycles. The Morgan fingerprint density at radius 3 is 2.62 bits per heavy atom. The molecule has 1 aliphatic heterocycles. The molecule has 2 amide bonds. The van der Waals surface area contributed by atoms with Crippen LogP contribution in [0, 0.1) is 0 Å². The molecule has 0 spiro atoms. The van der Waals surface area contributed by atoms with Gasteiger partial charge in [-0.25, -0.2) is 10.6 Å². The van der Waals surface area contributed by atoms with Crippen LogP contribution in [0.15, 0.2) is 0 Å². The van der Waals surface area contributed by atoms with E-state index in [0.29, 0.717) is 13.0 Å². The van der Waals surface area contributed by atoms with Crippen LogP contribution in [0.5, 0.6) is 0 Å². The molecular weight excluding hydrogens is 278 g/mol. The molecular formula is C13H25N3O5. The van der Waals surface area contributed by atoms with Crippen LogP contribution in [-0.2, 0) is 19.0 Å². The van der Waals surface area contributed by atoms with Gasteiger partial charge >= 0.3 is 6.09 Å². The van der Waals surface area contributed by atoms with Gasteiger partial charge in [0.05, 0.1) is 6.04 Å². The first-order chi connectivity index (χ1) is 9.80. The van der Waals surface area contributed by atoms with Crippen LogP contribution in [0.3, 0.4) is 0 Å². The van der Waals surface area contributed by atoms with Crippen molar-refractivity contribution in [3.8, 4) is 0 Å². The van der Waals surface area contributed by atoms with Crippen LogP contribution >= 0.6 is 0 Å². The standard InChI is InChI=1S/C13H25N3O5/c1-13(2,3)21-12(18)16-7-5-6-9(16)10(11(17)15-14)20-8-19-4/h9-10H,5-8,14H2,1-4H3,(H,15,17)/t9-,10?/m0/s1. The largest absolute Gasteiger partial charge is 0.444 e. The monoisotopic (exact) mass is 303 g/mol. The minimum Gasteiger partial charge on any atom is -0.444 e. The summed E-state index contributed by atoms with van der Waals surface area (Å²) < 4.78 is 15.6. The lowest BCUT2D eigenvalue weighted by molar-refractivity contribution is -0.148. The van der Waals surface area contributed by atoms with Gasteiger partial charge in [-0.05, 0) is 33.6 Å².